The largest absolute Gasteiger partial charge is 0.396 e. The molecule has 0 aliphatic carbocycles. The molecule has 0 saturated carbocycles. The Balaban J connectivity index is 2.39. The highest BCUT2D eigenvalue weighted by Crippen LogP contribution is 2.16. The third kappa shape index (κ3) is 1.97. The van der Waals surface area contributed by atoms with E-state index in [0.29, 0.717) is 6.42 Å². The molecule has 1 aromatic carbocycles. The van der Waals surface area contributed by atoms with Crippen molar-refractivity contribution in [3.63, 3.8) is 0 Å². The molecule has 0 saturated heterocycles. The van der Waals surface area contributed by atoms with Crippen LogP contribution in [0.1, 0.15) is 16.8 Å². The fourth-order valence-electron chi connectivity index (χ4n) is 1.63. The fraction of sp³-hybridized carbons (Fsp3) is 0.333. The molecule has 84 valence electrons. The molecule has 2 aromatic rings. The molecule has 0 radical (unpaired) electrons. The van der Waals surface area contributed by atoms with E-state index in [1.165, 1.54) is 11.1 Å². The number of aryl methyl sites for hydroxylation is 1. The van der Waals surface area contributed by atoms with Gasteiger partial charge in [-0.3, -0.25) is 0 Å². The van der Waals surface area contributed by atoms with E-state index < -0.39 is 0 Å². The molecule has 1 aromatic heterocycles. The molecule has 2 rings (SSSR count). The number of hydrogen-bond acceptors (Lipinski definition) is 3. The van der Waals surface area contributed by atoms with Gasteiger partial charge in [-0.2, -0.15) is 0 Å². The van der Waals surface area contributed by atoms with Crippen molar-refractivity contribution in [3.8, 4) is 5.69 Å². The van der Waals surface area contributed by atoms with E-state index in [2.05, 4.69) is 30.2 Å². The summed E-state index contributed by atoms with van der Waals surface area (Å²) in [6.45, 7) is 4.24. The van der Waals surface area contributed by atoms with Crippen molar-refractivity contribution >= 4 is 0 Å². The Morgan fingerprint density at radius 1 is 1.31 bits per heavy atom. The van der Waals surface area contributed by atoms with Crippen LogP contribution in [-0.2, 0) is 6.42 Å². The Bertz CT molecular complexity index is 491. The van der Waals surface area contributed by atoms with Crippen LogP contribution in [0.2, 0.25) is 0 Å². The SMILES string of the molecule is Cc1cccc(-n2cc(CCO)nn2)c1C. The Morgan fingerprint density at radius 3 is 2.88 bits per heavy atom. The third-order valence-electron chi connectivity index (χ3n) is 2.73. The topological polar surface area (TPSA) is 50.9 Å². The first-order valence-corrected chi connectivity index (χ1v) is 5.31. The maximum atomic E-state index is 8.82. The molecule has 0 spiro atoms. The molecule has 1 N–H and O–H groups in total. The average molecular weight is 217 g/mol. The van der Waals surface area contributed by atoms with Crippen molar-refractivity contribution in [2.24, 2.45) is 0 Å². The Morgan fingerprint density at radius 2 is 2.12 bits per heavy atom. The summed E-state index contributed by atoms with van der Waals surface area (Å²) in [4.78, 5) is 0. The first-order chi connectivity index (χ1) is 7.72. The number of hydrogen-bond donors (Lipinski definition) is 1. The summed E-state index contributed by atoms with van der Waals surface area (Å²) in [5.41, 5.74) is 4.28. The van der Waals surface area contributed by atoms with E-state index in [1.807, 2.05) is 18.3 Å². The van der Waals surface area contributed by atoms with Crippen LogP contribution in [0.5, 0.6) is 0 Å². The Kier molecular flexibility index (Phi) is 3.01. The molecular formula is C12H15N3O. The van der Waals surface area contributed by atoms with Crippen molar-refractivity contribution in [2.75, 3.05) is 6.61 Å². The molecule has 0 atom stereocenters. The van der Waals surface area contributed by atoms with Crippen molar-refractivity contribution < 1.29 is 5.11 Å². The van der Waals surface area contributed by atoms with E-state index >= 15 is 0 Å². The number of benzene rings is 1. The second-order valence-corrected chi connectivity index (χ2v) is 3.85. The van der Waals surface area contributed by atoms with E-state index in [9.17, 15) is 0 Å². The maximum Gasteiger partial charge on any atom is 0.0854 e. The first-order valence-electron chi connectivity index (χ1n) is 5.31. The summed E-state index contributed by atoms with van der Waals surface area (Å²) < 4.78 is 1.76. The predicted molar refractivity (Wildman–Crippen MR) is 61.6 cm³/mol. The molecule has 0 unspecified atom stereocenters. The lowest BCUT2D eigenvalue weighted by Crippen LogP contribution is -1.99. The summed E-state index contributed by atoms with van der Waals surface area (Å²) in [6, 6.07) is 6.09. The summed E-state index contributed by atoms with van der Waals surface area (Å²) in [5.74, 6) is 0. The standard InChI is InChI=1S/C12H15N3O/c1-9-4-3-5-12(10(9)2)15-8-11(6-7-16)13-14-15/h3-5,8,16H,6-7H2,1-2H3. The smallest absolute Gasteiger partial charge is 0.0854 e. The number of rotatable bonds is 3. The molecule has 1 heterocycles. The van der Waals surface area contributed by atoms with Gasteiger partial charge < -0.3 is 5.11 Å². The summed E-state index contributed by atoms with van der Waals surface area (Å²) >= 11 is 0. The van der Waals surface area contributed by atoms with Crippen LogP contribution < -0.4 is 0 Å². The minimum atomic E-state index is 0.103. The molecule has 0 aliphatic rings. The van der Waals surface area contributed by atoms with E-state index in [1.54, 1.807) is 4.68 Å². The minimum Gasteiger partial charge on any atom is -0.396 e. The number of aliphatic hydroxyl groups is 1. The van der Waals surface area contributed by atoms with Gasteiger partial charge >= 0.3 is 0 Å². The third-order valence-corrected chi connectivity index (χ3v) is 2.73. The van der Waals surface area contributed by atoms with Crippen molar-refractivity contribution in [1.29, 1.82) is 0 Å². The second-order valence-electron chi connectivity index (χ2n) is 3.85. The maximum absolute atomic E-state index is 8.82. The van der Waals surface area contributed by atoms with Gasteiger partial charge in [0.05, 0.1) is 17.6 Å². The van der Waals surface area contributed by atoms with E-state index in [4.69, 9.17) is 5.11 Å². The molecule has 0 aliphatic heterocycles. The van der Waals surface area contributed by atoms with Crippen LogP contribution in [0.25, 0.3) is 5.69 Å². The van der Waals surface area contributed by atoms with Crippen molar-refractivity contribution in [2.45, 2.75) is 20.3 Å². The first kappa shape index (κ1) is 10.8. The summed E-state index contributed by atoms with van der Waals surface area (Å²) in [7, 11) is 0. The molecule has 0 fully saturated rings. The zero-order chi connectivity index (χ0) is 11.5. The van der Waals surface area contributed by atoms with E-state index in [0.717, 1.165) is 11.4 Å². The molecule has 0 amide bonds. The zero-order valence-corrected chi connectivity index (χ0v) is 9.51. The van der Waals surface area contributed by atoms with Gasteiger partial charge in [-0.1, -0.05) is 17.3 Å². The second kappa shape index (κ2) is 4.45. The highest BCUT2D eigenvalue weighted by Gasteiger charge is 2.05. The Labute approximate surface area is 94.5 Å². The lowest BCUT2D eigenvalue weighted by atomic mass is 10.1. The van der Waals surface area contributed by atoms with Crippen LogP contribution in [0, 0.1) is 13.8 Å². The number of aromatic nitrogens is 3. The van der Waals surface area contributed by atoms with Gasteiger partial charge in [0.1, 0.15) is 0 Å². The lowest BCUT2D eigenvalue weighted by molar-refractivity contribution is 0.298. The lowest BCUT2D eigenvalue weighted by Gasteiger charge is -2.06. The monoisotopic (exact) mass is 217 g/mol. The van der Waals surface area contributed by atoms with Crippen LogP contribution in [0.3, 0.4) is 0 Å². The zero-order valence-electron chi connectivity index (χ0n) is 9.51. The van der Waals surface area contributed by atoms with Crippen molar-refractivity contribution in [1.82, 2.24) is 15.0 Å². The van der Waals surface area contributed by atoms with Crippen LogP contribution in [0.4, 0.5) is 0 Å². The molecule has 4 heteroatoms. The molecule has 16 heavy (non-hydrogen) atoms. The Hall–Kier alpha value is -1.68. The molecule has 4 nitrogen and oxygen atoms in total. The summed E-state index contributed by atoms with van der Waals surface area (Å²) in [6.07, 6.45) is 2.41. The minimum absolute atomic E-state index is 0.103. The number of aliphatic hydroxyl groups excluding tert-OH is 1. The number of nitrogens with zero attached hydrogens (tertiary/aromatic N) is 3. The van der Waals surface area contributed by atoms with E-state index in [-0.39, 0.29) is 6.61 Å². The van der Waals surface area contributed by atoms with Crippen LogP contribution in [-0.4, -0.2) is 26.7 Å². The van der Waals surface area contributed by atoms with Crippen molar-refractivity contribution in [3.05, 3.63) is 41.2 Å². The molecule has 0 bridgehead atoms. The highest BCUT2D eigenvalue weighted by atomic mass is 16.3. The highest BCUT2D eigenvalue weighted by molar-refractivity contribution is 5.43. The van der Waals surface area contributed by atoms with Gasteiger partial charge in [0, 0.05) is 13.0 Å². The van der Waals surface area contributed by atoms with Gasteiger partial charge in [0.25, 0.3) is 0 Å². The predicted octanol–water partition coefficient (Wildman–Crippen LogP) is 1.42. The summed E-state index contributed by atoms with van der Waals surface area (Å²) in [5, 5.41) is 16.9. The normalized spacial score (nSPS) is 10.7. The van der Waals surface area contributed by atoms with Gasteiger partial charge in [-0.25, -0.2) is 4.68 Å². The quantitative estimate of drug-likeness (QED) is 0.846. The van der Waals surface area contributed by atoms with Gasteiger partial charge in [-0.05, 0) is 31.0 Å². The van der Waals surface area contributed by atoms with Gasteiger partial charge in [0.2, 0.25) is 0 Å². The van der Waals surface area contributed by atoms with Gasteiger partial charge in [-0.15, -0.1) is 5.10 Å². The molecular weight excluding hydrogens is 202 g/mol. The van der Waals surface area contributed by atoms with Crippen LogP contribution >= 0.6 is 0 Å². The van der Waals surface area contributed by atoms with Crippen LogP contribution in [0.15, 0.2) is 24.4 Å². The van der Waals surface area contributed by atoms with Gasteiger partial charge in [0.15, 0.2) is 0 Å². The fourth-order valence-corrected chi connectivity index (χ4v) is 1.63. The average Bonchev–Trinajstić information content (AvgIpc) is 2.71.